The first-order valence-electron chi connectivity index (χ1n) is 12.6. The number of nitrogens with one attached hydrogen (secondary N) is 1. The Morgan fingerprint density at radius 2 is 1.63 bits per heavy atom. The van der Waals surface area contributed by atoms with Crippen LogP contribution in [0, 0.1) is 11.3 Å². The summed E-state index contributed by atoms with van der Waals surface area (Å²) in [5.41, 5.74) is 1.29. The molecular weight excluding hydrogens is 519 g/mol. The number of hydrogen-bond acceptors (Lipinski definition) is 4. The number of rotatable bonds is 3. The van der Waals surface area contributed by atoms with Crippen LogP contribution in [0.3, 0.4) is 0 Å². The molecule has 1 spiro atoms. The zero-order valence-corrected chi connectivity index (χ0v) is 22.7. The van der Waals surface area contributed by atoms with Crippen molar-refractivity contribution in [1.29, 1.82) is 0 Å². The second-order valence-electron chi connectivity index (χ2n) is 11.2. The molecular formula is C31H26Cl2N2O3. The molecule has 0 saturated carbocycles. The molecule has 1 saturated heterocycles. The molecule has 0 aliphatic carbocycles. The Morgan fingerprint density at radius 1 is 0.947 bits per heavy atom. The lowest BCUT2D eigenvalue weighted by atomic mass is 9.63. The van der Waals surface area contributed by atoms with Gasteiger partial charge in [-0.15, -0.1) is 0 Å². The number of hydrogen-bond donors (Lipinski definition) is 1. The summed E-state index contributed by atoms with van der Waals surface area (Å²) in [7, 11) is 0. The monoisotopic (exact) mass is 544 g/mol. The van der Waals surface area contributed by atoms with Gasteiger partial charge in [-0.25, -0.2) is 0 Å². The molecule has 3 aromatic carbocycles. The average Bonchev–Trinajstić information content (AvgIpc) is 3.35. The van der Waals surface area contributed by atoms with Gasteiger partial charge in [-0.3, -0.25) is 14.4 Å². The number of amides is 1. The molecule has 0 aromatic heterocycles. The van der Waals surface area contributed by atoms with E-state index in [1.807, 2.05) is 74.2 Å². The molecule has 6 rings (SSSR count). The lowest BCUT2D eigenvalue weighted by Gasteiger charge is -2.38. The molecule has 0 radical (unpaired) electrons. The molecule has 3 aliphatic heterocycles. The number of ketones is 2. The minimum Gasteiger partial charge on any atom is -0.352 e. The second-order valence-corrected chi connectivity index (χ2v) is 12.1. The van der Waals surface area contributed by atoms with E-state index >= 15 is 0 Å². The van der Waals surface area contributed by atoms with Gasteiger partial charge < -0.3 is 10.2 Å². The zero-order valence-electron chi connectivity index (χ0n) is 21.2. The average molecular weight is 545 g/mol. The van der Waals surface area contributed by atoms with Crippen molar-refractivity contribution in [3.63, 3.8) is 0 Å². The third-order valence-corrected chi connectivity index (χ3v) is 8.50. The maximum atomic E-state index is 14.6. The minimum absolute atomic E-state index is 0.111. The number of benzene rings is 3. The quantitative estimate of drug-likeness (QED) is 0.378. The van der Waals surface area contributed by atoms with Gasteiger partial charge in [0.05, 0.1) is 12.0 Å². The van der Waals surface area contributed by atoms with E-state index in [1.165, 1.54) is 0 Å². The van der Waals surface area contributed by atoms with Crippen molar-refractivity contribution in [2.75, 3.05) is 10.2 Å². The van der Waals surface area contributed by atoms with Gasteiger partial charge in [0.2, 0.25) is 5.91 Å². The normalized spacial score (nSPS) is 25.1. The van der Waals surface area contributed by atoms with Crippen molar-refractivity contribution in [1.82, 2.24) is 0 Å². The van der Waals surface area contributed by atoms with Crippen LogP contribution in [0.1, 0.15) is 42.3 Å². The number of fused-ring (bicyclic) bond motifs is 6. The number of anilines is 2. The highest BCUT2D eigenvalue weighted by atomic mass is 35.5. The van der Waals surface area contributed by atoms with Crippen LogP contribution in [-0.2, 0) is 15.0 Å². The Kier molecular flexibility index (Phi) is 5.60. The van der Waals surface area contributed by atoms with E-state index in [0.29, 0.717) is 21.3 Å². The molecule has 0 unspecified atom stereocenters. The predicted octanol–water partition coefficient (Wildman–Crippen LogP) is 6.58. The molecule has 3 aliphatic rings. The van der Waals surface area contributed by atoms with Gasteiger partial charge in [0.15, 0.2) is 11.6 Å². The summed E-state index contributed by atoms with van der Waals surface area (Å²) in [5, 5.41) is 4.10. The highest BCUT2D eigenvalue weighted by Gasteiger charge is 2.70. The maximum absolute atomic E-state index is 14.6. The molecule has 3 aromatic rings. The van der Waals surface area contributed by atoms with E-state index < -0.39 is 28.8 Å². The van der Waals surface area contributed by atoms with Gasteiger partial charge >= 0.3 is 0 Å². The number of nitrogens with zero attached hydrogens (tertiary/aromatic N) is 1. The largest absolute Gasteiger partial charge is 0.352 e. The first kappa shape index (κ1) is 24.9. The fourth-order valence-electron chi connectivity index (χ4n) is 6.39. The molecule has 4 atom stereocenters. The van der Waals surface area contributed by atoms with Gasteiger partial charge in [0.25, 0.3) is 0 Å². The van der Waals surface area contributed by atoms with E-state index in [4.69, 9.17) is 23.2 Å². The zero-order chi connectivity index (χ0) is 27.0. The Balaban J connectivity index is 1.68. The first-order valence-corrected chi connectivity index (χ1v) is 13.3. The SMILES string of the molecule is CC(C)(C)C(=O)[C@@H]1[C@H](C(=O)c2ccc(Cl)cc2)[C@]2(C(=O)Nc3ccccc32)[C@H]2C=Cc3cc(Cl)ccc3N12. The summed E-state index contributed by atoms with van der Waals surface area (Å²) in [5.74, 6) is -1.66. The number of carbonyl (C=O) groups is 3. The summed E-state index contributed by atoms with van der Waals surface area (Å²) in [6, 6.07) is 18.1. The van der Waals surface area contributed by atoms with E-state index in [0.717, 1.165) is 16.8 Å². The third-order valence-electron chi connectivity index (χ3n) is 8.01. The summed E-state index contributed by atoms with van der Waals surface area (Å²) >= 11 is 12.5. The minimum atomic E-state index is -1.33. The molecule has 1 N–H and O–H groups in total. The first-order chi connectivity index (χ1) is 18.0. The van der Waals surface area contributed by atoms with Gasteiger partial charge in [-0.1, -0.05) is 74.3 Å². The van der Waals surface area contributed by atoms with Crippen LogP contribution in [0.5, 0.6) is 0 Å². The van der Waals surface area contributed by atoms with Crippen molar-refractivity contribution in [3.8, 4) is 0 Å². The number of halogens is 2. The van der Waals surface area contributed by atoms with Crippen molar-refractivity contribution >= 4 is 58.1 Å². The lowest BCUT2D eigenvalue weighted by Crippen LogP contribution is -2.51. The van der Waals surface area contributed by atoms with Crippen molar-refractivity contribution in [2.45, 2.75) is 38.3 Å². The van der Waals surface area contributed by atoms with E-state index in [1.54, 1.807) is 30.3 Å². The summed E-state index contributed by atoms with van der Waals surface area (Å²) in [6.45, 7) is 5.55. The van der Waals surface area contributed by atoms with Crippen LogP contribution in [0.4, 0.5) is 11.4 Å². The van der Waals surface area contributed by atoms with Crippen LogP contribution < -0.4 is 10.2 Å². The van der Waals surface area contributed by atoms with Gasteiger partial charge in [-0.2, -0.15) is 0 Å². The van der Waals surface area contributed by atoms with Crippen LogP contribution >= 0.6 is 23.2 Å². The van der Waals surface area contributed by atoms with Crippen LogP contribution in [0.15, 0.2) is 72.8 Å². The Hall–Kier alpha value is -3.41. The van der Waals surface area contributed by atoms with Gasteiger partial charge in [0.1, 0.15) is 11.5 Å². The maximum Gasteiger partial charge on any atom is 0.238 e. The number of carbonyl (C=O) groups excluding carboxylic acids is 3. The molecule has 5 nitrogen and oxygen atoms in total. The lowest BCUT2D eigenvalue weighted by molar-refractivity contribution is -0.128. The molecule has 1 fully saturated rings. The standard InChI is InChI=1S/C31H26Cl2N2O3/c1-30(2,3)28(37)26-25(27(36)17-8-11-19(32)12-9-17)31(21-6-4-5-7-22(21)34-29(31)38)24-15-10-18-16-20(33)13-14-23(18)35(24)26/h4-16,24-26H,1-3H3,(H,34,38)/t24-,25-,26+,31-/m1/s1. The molecule has 7 heteroatoms. The molecule has 3 heterocycles. The summed E-state index contributed by atoms with van der Waals surface area (Å²) in [6.07, 6.45) is 3.88. The topological polar surface area (TPSA) is 66.5 Å². The smallest absolute Gasteiger partial charge is 0.238 e. The Morgan fingerprint density at radius 3 is 2.34 bits per heavy atom. The number of para-hydroxylation sites is 1. The van der Waals surface area contributed by atoms with Crippen LogP contribution in [0.25, 0.3) is 6.08 Å². The van der Waals surface area contributed by atoms with Crippen molar-refractivity contribution < 1.29 is 14.4 Å². The predicted molar refractivity (Wildman–Crippen MR) is 151 cm³/mol. The third kappa shape index (κ3) is 3.41. The molecule has 38 heavy (non-hydrogen) atoms. The van der Waals surface area contributed by atoms with Crippen LogP contribution in [0.2, 0.25) is 10.0 Å². The highest BCUT2D eigenvalue weighted by molar-refractivity contribution is 6.31. The van der Waals surface area contributed by atoms with Crippen molar-refractivity contribution in [3.05, 3.63) is 99.5 Å². The molecule has 1 amide bonds. The van der Waals surface area contributed by atoms with Gasteiger partial charge in [-0.05, 0) is 59.7 Å². The fourth-order valence-corrected chi connectivity index (χ4v) is 6.69. The van der Waals surface area contributed by atoms with Gasteiger partial charge in [0, 0.05) is 32.4 Å². The van der Waals surface area contributed by atoms with Crippen molar-refractivity contribution in [2.24, 2.45) is 11.3 Å². The Labute approximate surface area is 231 Å². The summed E-state index contributed by atoms with van der Waals surface area (Å²) in [4.78, 5) is 45.1. The number of Topliss-reactive ketones (excluding diaryl/α,β-unsaturated/α-hetero) is 2. The summed E-state index contributed by atoms with van der Waals surface area (Å²) < 4.78 is 0. The van der Waals surface area contributed by atoms with Crippen LogP contribution in [-0.4, -0.2) is 29.6 Å². The van der Waals surface area contributed by atoms with E-state index in [9.17, 15) is 14.4 Å². The highest BCUT2D eigenvalue weighted by Crippen LogP contribution is 2.58. The fraction of sp³-hybridized carbons (Fsp3) is 0.258. The van der Waals surface area contributed by atoms with E-state index in [-0.39, 0.29) is 17.5 Å². The van der Waals surface area contributed by atoms with E-state index in [2.05, 4.69) is 5.32 Å². The molecule has 0 bridgehead atoms. The second kappa shape index (κ2) is 8.55. The molecule has 192 valence electrons. The Bertz CT molecular complexity index is 1540.